The Bertz CT molecular complexity index is 937. The van der Waals surface area contributed by atoms with Gasteiger partial charge in [0.1, 0.15) is 12.1 Å². The van der Waals surface area contributed by atoms with Gasteiger partial charge in [0.2, 0.25) is 0 Å². The fraction of sp³-hybridized carbons (Fsp3) is 0.263. The van der Waals surface area contributed by atoms with Crippen LogP contribution >= 0.6 is 0 Å². The Morgan fingerprint density at radius 3 is 2.67 bits per heavy atom. The molecular weight excluding hydrogens is 347 g/mol. The number of nitrogens with zero attached hydrogens (tertiary/aromatic N) is 5. The molecule has 0 saturated carbocycles. The van der Waals surface area contributed by atoms with Gasteiger partial charge < -0.3 is 10.2 Å². The minimum absolute atomic E-state index is 0.271. The molecule has 138 valence electrons. The van der Waals surface area contributed by atoms with Crippen LogP contribution in [0.1, 0.15) is 29.6 Å². The normalized spacial score (nSPS) is 14.2. The number of hydrogen-bond donors (Lipinski definition) is 1. The van der Waals surface area contributed by atoms with Crippen molar-refractivity contribution in [3.63, 3.8) is 0 Å². The van der Waals surface area contributed by atoms with Crippen LogP contribution in [0.2, 0.25) is 0 Å². The van der Waals surface area contributed by atoms with Crippen LogP contribution in [-0.2, 0) is 0 Å². The number of amides is 1. The second-order valence-electron chi connectivity index (χ2n) is 6.47. The predicted octanol–water partition coefficient (Wildman–Crippen LogP) is 3.04. The lowest BCUT2D eigenvalue weighted by atomic mass is 10.1. The Hall–Kier alpha value is -3.29. The zero-order chi connectivity index (χ0) is 18.6. The van der Waals surface area contributed by atoms with Gasteiger partial charge in [0, 0.05) is 18.7 Å². The molecule has 1 N–H and O–H groups in total. The van der Waals surface area contributed by atoms with Gasteiger partial charge in [-0.2, -0.15) is 0 Å². The highest BCUT2D eigenvalue weighted by atomic mass is 19.1. The summed E-state index contributed by atoms with van der Waals surface area (Å²) in [5, 5.41) is 14.1. The number of rotatable bonds is 4. The molecule has 7 nitrogen and oxygen atoms in total. The summed E-state index contributed by atoms with van der Waals surface area (Å²) in [6, 6.07) is 11.4. The predicted molar refractivity (Wildman–Crippen MR) is 99.6 cm³/mol. The minimum atomic E-state index is -0.443. The van der Waals surface area contributed by atoms with Gasteiger partial charge in [-0.05, 0) is 66.1 Å². The van der Waals surface area contributed by atoms with E-state index in [1.807, 2.05) is 18.2 Å². The van der Waals surface area contributed by atoms with Crippen LogP contribution in [0.5, 0.6) is 0 Å². The lowest BCUT2D eigenvalue weighted by Gasteiger charge is -2.30. The van der Waals surface area contributed by atoms with Gasteiger partial charge in [0.25, 0.3) is 5.91 Å². The van der Waals surface area contributed by atoms with E-state index in [9.17, 15) is 9.18 Å². The van der Waals surface area contributed by atoms with Crippen LogP contribution in [0, 0.1) is 5.82 Å². The molecule has 1 fully saturated rings. The smallest absolute Gasteiger partial charge is 0.255 e. The van der Waals surface area contributed by atoms with E-state index in [4.69, 9.17) is 0 Å². The number of carbonyl (C=O) groups is 1. The van der Waals surface area contributed by atoms with Crippen molar-refractivity contribution in [1.29, 1.82) is 0 Å². The fourth-order valence-electron chi connectivity index (χ4n) is 3.28. The number of anilines is 2. The van der Waals surface area contributed by atoms with Crippen molar-refractivity contribution in [1.82, 2.24) is 20.2 Å². The number of tetrazole rings is 1. The van der Waals surface area contributed by atoms with Crippen LogP contribution < -0.4 is 10.2 Å². The molecular formula is C19H19FN6O. The van der Waals surface area contributed by atoms with Crippen LogP contribution in [0.4, 0.5) is 15.8 Å². The highest BCUT2D eigenvalue weighted by Gasteiger charge is 2.18. The molecule has 8 heteroatoms. The van der Waals surface area contributed by atoms with E-state index in [2.05, 4.69) is 25.7 Å². The lowest BCUT2D eigenvalue weighted by Crippen LogP contribution is -2.30. The third-order valence-corrected chi connectivity index (χ3v) is 4.63. The number of nitrogens with one attached hydrogen (secondary N) is 1. The second-order valence-corrected chi connectivity index (χ2v) is 6.47. The average Bonchev–Trinajstić information content (AvgIpc) is 3.23. The second kappa shape index (κ2) is 7.53. The van der Waals surface area contributed by atoms with Crippen molar-refractivity contribution in [2.45, 2.75) is 19.3 Å². The summed E-state index contributed by atoms with van der Waals surface area (Å²) in [5.41, 5.74) is 2.60. The minimum Gasteiger partial charge on any atom is -0.370 e. The zero-order valence-corrected chi connectivity index (χ0v) is 14.7. The molecule has 1 amide bonds. The van der Waals surface area contributed by atoms with Gasteiger partial charge >= 0.3 is 0 Å². The van der Waals surface area contributed by atoms with Gasteiger partial charge in [0.05, 0.1) is 17.1 Å². The van der Waals surface area contributed by atoms with Gasteiger partial charge in [-0.3, -0.25) is 4.79 Å². The van der Waals surface area contributed by atoms with E-state index in [0.717, 1.165) is 37.3 Å². The fourth-order valence-corrected chi connectivity index (χ4v) is 3.28. The molecule has 4 rings (SSSR count). The Kier molecular flexibility index (Phi) is 4.78. The van der Waals surface area contributed by atoms with Crippen LogP contribution in [0.3, 0.4) is 0 Å². The number of piperidine rings is 1. The van der Waals surface area contributed by atoms with Gasteiger partial charge in [-0.15, -0.1) is 5.10 Å². The van der Waals surface area contributed by atoms with E-state index in [1.54, 1.807) is 6.07 Å². The molecule has 3 aromatic rings. The lowest BCUT2D eigenvalue weighted by molar-refractivity contribution is 0.102. The van der Waals surface area contributed by atoms with Gasteiger partial charge in [-0.25, -0.2) is 9.07 Å². The molecule has 27 heavy (non-hydrogen) atoms. The monoisotopic (exact) mass is 366 g/mol. The first-order chi connectivity index (χ1) is 13.2. The quantitative estimate of drug-likeness (QED) is 0.768. The Morgan fingerprint density at radius 1 is 1.07 bits per heavy atom. The zero-order valence-electron chi connectivity index (χ0n) is 14.7. The largest absolute Gasteiger partial charge is 0.370 e. The molecule has 1 aliphatic rings. The SMILES string of the molecule is O=C(Nc1cc(-n2cnnn2)ccc1N1CCCCC1)c1cccc(F)c1. The van der Waals surface area contributed by atoms with Crippen LogP contribution in [-0.4, -0.2) is 39.2 Å². The highest BCUT2D eigenvalue weighted by molar-refractivity contribution is 6.06. The molecule has 0 unspecified atom stereocenters. The van der Waals surface area contributed by atoms with Crippen molar-refractivity contribution in [3.8, 4) is 5.69 Å². The summed E-state index contributed by atoms with van der Waals surface area (Å²) >= 11 is 0. The van der Waals surface area contributed by atoms with E-state index in [1.165, 1.54) is 35.6 Å². The summed E-state index contributed by atoms with van der Waals surface area (Å²) in [6.07, 6.45) is 4.94. The molecule has 2 aromatic carbocycles. The Balaban J connectivity index is 1.68. The maximum absolute atomic E-state index is 13.5. The van der Waals surface area contributed by atoms with E-state index in [0.29, 0.717) is 5.69 Å². The molecule has 0 bridgehead atoms. The Labute approximate surface area is 155 Å². The summed E-state index contributed by atoms with van der Waals surface area (Å²) in [5.74, 6) is -0.803. The number of halogens is 1. The molecule has 0 radical (unpaired) electrons. The molecule has 0 spiro atoms. The van der Waals surface area contributed by atoms with E-state index < -0.39 is 5.82 Å². The van der Waals surface area contributed by atoms with Crippen molar-refractivity contribution in [2.24, 2.45) is 0 Å². The number of aromatic nitrogens is 4. The standard InChI is InChI=1S/C19H19FN6O/c20-15-6-4-5-14(11-15)19(27)22-17-12-16(26-13-21-23-24-26)7-8-18(17)25-9-2-1-3-10-25/h4-8,11-13H,1-3,9-10H2,(H,22,27). The molecule has 0 atom stereocenters. The summed E-state index contributed by atoms with van der Waals surface area (Å²) < 4.78 is 15.0. The van der Waals surface area contributed by atoms with Crippen molar-refractivity contribution >= 4 is 17.3 Å². The summed E-state index contributed by atoms with van der Waals surface area (Å²) in [4.78, 5) is 14.9. The average molecular weight is 366 g/mol. The molecule has 1 saturated heterocycles. The molecule has 1 aliphatic heterocycles. The Morgan fingerprint density at radius 2 is 1.93 bits per heavy atom. The highest BCUT2D eigenvalue weighted by Crippen LogP contribution is 2.31. The maximum atomic E-state index is 13.5. The summed E-state index contributed by atoms with van der Waals surface area (Å²) in [6.45, 7) is 1.88. The first-order valence-corrected chi connectivity index (χ1v) is 8.90. The molecule has 2 heterocycles. The third kappa shape index (κ3) is 3.79. The van der Waals surface area contributed by atoms with Crippen LogP contribution in [0.15, 0.2) is 48.8 Å². The van der Waals surface area contributed by atoms with E-state index >= 15 is 0 Å². The first kappa shape index (κ1) is 17.1. The van der Waals surface area contributed by atoms with E-state index in [-0.39, 0.29) is 11.5 Å². The van der Waals surface area contributed by atoms with Gasteiger partial charge in [0.15, 0.2) is 0 Å². The maximum Gasteiger partial charge on any atom is 0.255 e. The molecule has 0 aliphatic carbocycles. The number of hydrogen-bond acceptors (Lipinski definition) is 5. The van der Waals surface area contributed by atoms with Crippen molar-refractivity contribution in [2.75, 3.05) is 23.3 Å². The van der Waals surface area contributed by atoms with Gasteiger partial charge in [-0.1, -0.05) is 6.07 Å². The van der Waals surface area contributed by atoms with Crippen molar-refractivity contribution < 1.29 is 9.18 Å². The van der Waals surface area contributed by atoms with Crippen molar-refractivity contribution in [3.05, 3.63) is 60.2 Å². The third-order valence-electron chi connectivity index (χ3n) is 4.63. The number of benzene rings is 2. The molecule has 1 aromatic heterocycles. The number of carbonyl (C=O) groups excluding carboxylic acids is 1. The topological polar surface area (TPSA) is 75.9 Å². The first-order valence-electron chi connectivity index (χ1n) is 8.90. The van der Waals surface area contributed by atoms with Crippen LogP contribution in [0.25, 0.3) is 5.69 Å². The summed E-state index contributed by atoms with van der Waals surface area (Å²) in [7, 11) is 0.